The topological polar surface area (TPSA) is 32.7 Å². The molecule has 0 bridgehead atoms. The van der Waals surface area contributed by atoms with E-state index < -0.39 is 6.10 Å². The summed E-state index contributed by atoms with van der Waals surface area (Å²) in [4.78, 5) is 2.35. The maximum atomic E-state index is 13.9. The van der Waals surface area contributed by atoms with Crippen molar-refractivity contribution in [2.75, 3.05) is 19.6 Å². The van der Waals surface area contributed by atoms with Gasteiger partial charge in [-0.2, -0.15) is 0 Å². The summed E-state index contributed by atoms with van der Waals surface area (Å²) in [7, 11) is 0. The molecule has 2 aliphatic rings. The van der Waals surface area contributed by atoms with Gasteiger partial charge in [-0.3, -0.25) is 0 Å². The van der Waals surface area contributed by atoms with Gasteiger partial charge in [0.2, 0.25) is 0 Å². The van der Waals surface area contributed by atoms with Crippen LogP contribution in [0.3, 0.4) is 0 Å². The van der Waals surface area contributed by atoms with Gasteiger partial charge in [0.05, 0.1) is 12.2 Å². The zero-order valence-electron chi connectivity index (χ0n) is 13.7. The molecule has 4 heteroatoms. The van der Waals surface area contributed by atoms with E-state index in [1.165, 1.54) is 18.9 Å². The first-order valence-electron chi connectivity index (χ1n) is 8.59. The molecule has 22 heavy (non-hydrogen) atoms. The van der Waals surface area contributed by atoms with Crippen LogP contribution in [0.1, 0.15) is 57.6 Å². The summed E-state index contributed by atoms with van der Waals surface area (Å²) in [6.45, 7) is 7.12. The quantitative estimate of drug-likeness (QED) is 0.864. The Morgan fingerprint density at radius 2 is 1.95 bits per heavy atom. The highest BCUT2D eigenvalue weighted by molar-refractivity contribution is 5.31. The van der Waals surface area contributed by atoms with Crippen LogP contribution in [0.15, 0.2) is 18.2 Å². The van der Waals surface area contributed by atoms with Gasteiger partial charge in [-0.15, -0.1) is 0 Å². The van der Waals surface area contributed by atoms with Crippen LogP contribution in [-0.4, -0.2) is 35.7 Å². The maximum absolute atomic E-state index is 13.9. The largest absolute Gasteiger partial charge is 0.487 e. The number of aliphatic hydroxyl groups is 1. The standard InChI is InChI=1S/C16H22FNO2.C2H6/c17-14-11-12(3-6-16(14)20-13-4-5-13)15(19)7-10-18-8-1-2-9-18;1-2/h3,6,11,13,15,19H,1-2,4-5,7-10H2;1-2H3/t15-;/m0./s1. The molecule has 2 fully saturated rings. The second-order valence-corrected chi connectivity index (χ2v) is 5.86. The van der Waals surface area contributed by atoms with E-state index in [2.05, 4.69) is 4.90 Å². The number of hydrogen-bond acceptors (Lipinski definition) is 3. The van der Waals surface area contributed by atoms with Crippen LogP contribution in [0.5, 0.6) is 5.75 Å². The van der Waals surface area contributed by atoms with E-state index in [4.69, 9.17) is 4.74 Å². The third-order valence-electron chi connectivity index (χ3n) is 4.08. The molecule has 1 atom stereocenters. The summed E-state index contributed by atoms with van der Waals surface area (Å²) in [5.41, 5.74) is 0.643. The first-order valence-corrected chi connectivity index (χ1v) is 8.59. The Bertz CT molecular complexity index is 456. The van der Waals surface area contributed by atoms with Crippen LogP contribution in [0.4, 0.5) is 4.39 Å². The predicted octanol–water partition coefficient (Wildman–Crippen LogP) is 3.91. The monoisotopic (exact) mass is 309 g/mol. The minimum Gasteiger partial charge on any atom is -0.487 e. The van der Waals surface area contributed by atoms with Gasteiger partial charge in [0.1, 0.15) is 0 Å². The molecule has 3 rings (SSSR count). The van der Waals surface area contributed by atoms with Crippen LogP contribution in [0, 0.1) is 5.82 Å². The average Bonchev–Trinajstić information content (AvgIpc) is 3.21. The van der Waals surface area contributed by atoms with Gasteiger partial charge in [0, 0.05) is 6.54 Å². The number of aliphatic hydroxyl groups excluding tert-OH is 1. The molecule has 1 saturated carbocycles. The first-order chi connectivity index (χ1) is 10.7. The Morgan fingerprint density at radius 3 is 2.55 bits per heavy atom. The van der Waals surface area contributed by atoms with Crippen molar-refractivity contribution in [3.05, 3.63) is 29.6 Å². The number of likely N-dealkylation sites (tertiary alicyclic amines) is 1. The molecule has 1 heterocycles. The number of rotatable bonds is 6. The van der Waals surface area contributed by atoms with Gasteiger partial charge in [-0.05, 0) is 62.9 Å². The van der Waals surface area contributed by atoms with E-state index in [1.54, 1.807) is 12.1 Å². The Morgan fingerprint density at radius 1 is 1.27 bits per heavy atom. The third-order valence-corrected chi connectivity index (χ3v) is 4.08. The van der Waals surface area contributed by atoms with Crippen molar-refractivity contribution in [1.29, 1.82) is 0 Å². The normalized spacial score (nSPS) is 19.5. The Kier molecular flexibility index (Phi) is 6.65. The molecule has 0 spiro atoms. The Hall–Kier alpha value is -1.13. The molecule has 1 saturated heterocycles. The van der Waals surface area contributed by atoms with Gasteiger partial charge >= 0.3 is 0 Å². The minimum atomic E-state index is -0.597. The minimum absolute atomic E-state index is 0.190. The number of benzene rings is 1. The molecule has 1 aromatic carbocycles. The van der Waals surface area contributed by atoms with Crippen molar-refractivity contribution in [3.63, 3.8) is 0 Å². The van der Waals surface area contributed by atoms with E-state index in [9.17, 15) is 9.50 Å². The second kappa shape index (κ2) is 8.49. The lowest BCUT2D eigenvalue weighted by Crippen LogP contribution is -2.22. The molecule has 3 nitrogen and oxygen atoms in total. The summed E-state index contributed by atoms with van der Waals surface area (Å²) < 4.78 is 19.4. The third kappa shape index (κ3) is 4.96. The molecule has 1 aliphatic heterocycles. The van der Waals surface area contributed by atoms with Crippen LogP contribution in [0.25, 0.3) is 0 Å². The molecule has 1 aromatic rings. The van der Waals surface area contributed by atoms with Crippen molar-refractivity contribution >= 4 is 0 Å². The summed E-state index contributed by atoms with van der Waals surface area (Å²) in [5.74, 6) is -0.0578. The van der Waals surface area contributed by atoms with Crippen molar-refractivity contribution in [1.82, 2.24) is 4.90 Å². The molecule has 1 aliphatic carbocycles. The maximum Gasteiger partial charge on any atom is 0.165 e. The van der Waals surface area contributed by atoms with Crippen LogP contribution in [-0.2, 0) is 0 Å². The predicted molar refractivity (Wildman–Crippen MR) is 86.6 cm³/mol. The van der Waals surface area contributed by atoms with Crippen LogP contribution in [0.2, 0.25) is 0 Å². The van der Waals surface area contributed by atoms with Crippen LogP contribution >= 0.6 is 0 Å². The molecule has 0 amide bonds. The molecule has 0 radical (unpaired) electrons. The Balaban J connectivity index is 0.000000847. The van der Waals surface area contributed by atoms with Gasteiger partial charge in [0.25, 0.3) is 0 Å². The highest BCUT2D eigenvalue weighted by atomic mass is 19.1. The molecule has 1 N–H and O–H groups in total. The molecular weight excluding hydrogens is 281 g/mol. The molecule has 124 valence electrons. The summed E-state index contributed by atoms with van der Waals surface area (Å²) in [6, 6.07) is 4.82. The lowest BCUT2D eigenvalue weighted by molar-refractivity contribution is 0.148. The number of hydrogen-bond donors (Lipinski definition) is 1. The number of ether oxygens (including phenoxy) is 1. The lowest BCUT2D eigenvalue weighted by atomic mass is 10.1. The fourth-order valence-electron chi connectivity index (χ4n) is 2.66. The number of nitrogens with zero attached hydrogens (tertiary/aromatic N) is 1. The molecule has 0 aromatic heterocycles. The fourth-order valence-corrected chi connectivity index (χ4v) is 2.66. The van der Waals surface area contributed by atoms with E-state index >= 15 is 0 Å². The van der Waals surface area contributed by atoms with Gasteiger partial charge in [-0.25, -0.2) is 4.39 Å². The van der Waals surface area contributed by atoms with E-state index in [1.807, 2.05) is 13.8 Å². The van der Waals surface area contributed by atoms with Gasteiger partial charge in [-0.1, -0.05) is 19.9 Å². The highest BCUT2D eigenvalue weighted by Gasteiger charge is 2.25. The summed E-state index contributed by atoms with van der Waals surface area (Å²) >= 11 is 0. The van der Waals surface area contributed by atoms with Crippen molar-refractivity contribution in [3.8, 4) is 5.75 Å². The first kappa shape index (κ1) is 17.2. The second-order valence-electron chi connectivity index (χ2n) is 5.86. The van der Waals surface area contributed by atoms with Gasteiger partial charge in [0.15, 0.2) is 11.6 Å². The van der Waals surface area contributed by atoms with Gasteiger partial charge < -0.3 is 14.7 Å². The highest BCUT2D eigenvalue weighted by Crippen LogP contribution is 2.30. The fraction of sp³-hybridized carbons (Fsp3) is 0.667. The van der Waals surface area contributed by atoms with E-state index in [0.717, 1.165) is 32.5 Å². The van der Waals surface area contributed by atoms with Crippen LogP contribution < -0.4 is 4.74 Å². The number of halogens is 1. The Labute approximate surface area is 133 Å². The van der Waals surface area contributed by atoms with Crippen molar-refractivity contribution in [2.45, 2.75) is 58.2 Å². The smallest absolute Gasteiger partial charge is 0.165 e. The van der Waals surface area contributed by atoms with E-state index in [0.29, 0.717) is 17.7 Å². The zero-order chi connectivity index (χ0) is 15.9. The summed E-state index contributed by atoms with van der Waals surface area (Å²) in [5, 5.41) is 10.2. The SMILES string of the molecule is CC.O[C@@H](CCN1CCCC1)c1ccc(OC2CC2)c(F)c1. The van der Waals surface area contributed by atoms with E-state index in [-0.39, 0.29) is 11.9 Å². The average molecular weight is 309 g/mol. The molecule has 0 unspecified atom stereocenters. The van der Waals surface area contributed by atoms with Crippen molar-refractivity contribution in [2.24, 2.45) is 0 Å². The molecular formula is C18H28FNO2. The van der Waals surface area contributed by atoms with Crippen molar-refractivity contribution < 1.29 is 14.2 Å². The zero-order valence-corrected chi connectivity index (χ0v) is 13.7. The lowest BCUT2D eigenvalue weighted by Gasteiger charge is -2.18. The summed E-state index contributed by atoms with van der Waals surface area (Å²) in [6.07, 6.45) is 4.77.